The molecule has 0 spiro atoms. The molecule has 0 aliphatic rings. The first-order chi connectivity index (χ1) is 5.24. The lowest BCUT2D eigenvalue weighted by Crippen LogP contribution is -2.34. The molecule has 66 valence electrons. The van der Waals surface area contributed by atoms with Crippen LogP contribution in [-0.4, -0.2) is 42.7 Å². The van der Waals surface area contributed by atoms with E-state index in [1.807, 2.05) is 6.92 Å². The lowest BCUT2D eigenvalue weighted by atomic mass is 9.88. The molecule has 0 bridgehead atoms. The van der Waals surface area contributed by atoms with Gasteiger partial charge in [0.1, 0.15) is 0 Å². The predicted molar refractivity (Wildman–Crippen MR) is 42.2 cm³/mol. The van der Waals surface area contributed by atoms with Crippen molar-refractivity contribution in [3.05, 3.63) is 0 Å². The average Bonchev–Trinajstić information content (AvgIpc) is 2.08. The molecule has 0 aliphatic heterocycles. The first-order valence-corrected chi connectivity index (χ1v) is 3.65. The number of rotatable bonds is 6. The van der Waals surface area contributed by atoms with Crippen LogP contribution in [0.25, 0.3) is 0 Å². The van der Waals surface area contributed by atoms with Gasteiger partial charge in [0, 0.05) is 12.0 Å². The molecule has 0 heterocycles. The van der Waals surface area contributed by atoms with Gasteiger partial charge in [0.05, 0.1) is 13.2 Å². The molecule has 0 fully saturated rings. The third kappa shape index (κ3) is 3.20. The monoisotopic (exact) mass is 162 g/mol. The van der Waals surface area contributed by atoms with Crippen molar-refractivity contribution in [1.29, 1.82) is 0 Å². The quantitative estimate of drug-likeness (QED) is 0.422. The van der Waals surface area contributed by atoms with Crippen molar-refractivity contribution in [2.24, 2.45) is 5.41 Å². The van der Waals surface area contributed by atoms with Crippen molar-refractivity contribution in [2.75, 3.05) is 19.8 Å². The van der Waals surface area contributed by atoms with E-state index in [2.05, 4.69) is 0 Å². The second-order valence-electron chi connectivity index (χ2n) is 2.65. The zero-order chi connectivity index (χ0) is 8.74. The van der Waals surface area contributed by atoms with Gasteiger partial charge >= 0.3 is 7.69 Å². The molecular weight excluding hydrogens is 147 g/mol. The van der Waals surface area contributed by atoms with E-state index in [-0.39, 0.29) is 27.5 Å². The fraction of sp³-hybridized carbons (Fsp3) is 1.00. The second-order valence-corrected chi connectivity index (χ2v) is 2.65. The summed E-state index contributed by atoms with van der Waals surface area (Å²) < 4.78 is 4.71. The molecule has 0 rings (SSSR count). The predicted octanol–water partition coefficient (Wildman–Crippen LogP) is -1.36. The summed E-state index contributed by atoms with van der Waals surface area (Å²) in [4.78, 5) is 0. The van der Waals surface area contributed by atoms with Gasteiger partial charge in [-0.2, -0.15) is 0 Å². The van der Waals surface area contributed by atoms with Crippen LogP contribution in [0.15, 0.2) is 0 Å². The minimum atomic E-state index is -0.595. The van der Waals surface area contributed by atoms with E-state index in [4.69, 9.17) is 19.9 Å². The highest BCUT2D eigenvalue weighted by Gasteiger charge is 2.26. The molecule has 0 amide bonds. The SMILES string of the molecule is CCC(CO)(CO)COBO. The van der Waals surface area contributed by atoms with Crippen LogP contribution >= 0.6 is 0 Å². The molecule has 11 heavy (non-hydrogen) atoms. The minimum Gasteiger partial charge on any atom is -0.430 e. The number of aliphatic hydroxyl groups excluding tert-OH is 2. The lowest BCUT2D eigenvalue weighted by molar-refractivity contribution is 0.00844. The third-order valence-corrected chi connectivity index (χ3v) is 1.92. The molecule has 5 heteroatoms. The van der Waals surface area contributed by atoms with E-state index in [0.29, 0.717) is 6.42 Å². The van der Waals surface area contributed by atoms with Crippen molar-refractivity contribution in [3.63, 3.8) is 0 Å². The second kappa shape index (κ2) is 5.54. The Morgan fingerprint density at radius 1 is 1.36 bits per heavy atom. The highest BCUT2D eigenvalue weighted by atomic mass is 16.5. The smallest absolute Gasteiger partial charge is 0.430 e. The molecule has 0 unspecified atom stereocenters. The van der Waals surface area contributed by atoms with Gasteiger partial charge in [-0.15, -0.1) is 0 Å². The van der Waals surface area contributed by atoms with E-state index in [1.165, 1.54) is 0 Å². The first kappa shape index (κ1) is 10.9. The summed E-state index contributed by atoms with van der Waals surface area (Å²) in [5.41, 5.74) is -0.595. The van der Waals surface area contributed by atoms with Crippen molar-refractivity contribution in [3.8, 4) is 0 Å². The third-order valence-electron chi connectivity index (χ3n) is 1.92. The number of aliphatic hydroxyl groups is 2. The molecule has 4 nitrogen and oxygen atoms in total. The van der Waals surface area contributed by atoms with Gasteiger partial charge in [-0.1, -0.05) is 6.92 Å². The van der Waals surface area contributed by atoms with Crippen LogP contribution in [0.5, 0.6) is 0 Å². The van der Waals surface area contributed by atoms with Gasteiger partial charge in [0.15, 0.2) is 0 Å². The summed E-state index contributed by atoms with van der Waals surface area (Å²) in [6.07, 6.45) is 0.625. The summed E-state index contributed by atoms with van der Waals surface area (Å²) >= 11 is 0. The van der Waals surface area contributed by atoms with E-state index < -0.39 is 5.41 Å². The minimum absolute atomic E-state index is 0.125. The van der Waals surface area contributed by atoms with Crippen molar-refractivity contribution in [2.45, 2.75) is 13.3 Å². The maximum absolute atomic E-state index is 8.88. The molecule has 0 atom stereocenters. The van der Waals surface area contributed by atoms with Crippen molar-refractivity contribution < 1.29 is 19.9 Å². The first-order valence-electron chi connectivity index (χ1n) is 3.65. The summed E-state index contributed by atoms with van der Waals surface area (Å²) in [7, 11) is -0.373. The van der Waals surface area contributed by atoms with Crippen LogP contribution in [0.2, 0.25) is 0 Å². The Morgan fingerprint density at radius 3 is 2.18 bits per heavy atom. The summed E-state index contributed by atoms with van der Waals surface area (Å²) in [6.45, 7) is 1.79. The van der Waals surface area contributed by atoms with Crippen LogP contribution in [0, 0.1) is 5.41 Å². The molecule has 0 aromatic carbocycles. The molecule has 3 N–H and O–H groups in total. The Labute approximate surface area is 67.1 Å². The van der Waals surface area contributed by atoms with Crippen molar-refractivity contribution in [1.82, 2.24) is 0 Å². The van der Waals surface area contributed by atoms with E-state index >= 15 is 0 Å². The molecule has 0 aromatic rings. The maximum Gasteiger partial charge on any atom is 0.435 e. The fourth-order valence-corrected chi connectivity index (χ4v) is 0.729. The van der Waals surface area contributed by atoms with Crippen LogP contribution in [-0.2, 0) is 4.65 Å². The van der Waals surface area contributed by atoms with E-state index in [0.717, 1.165) is 0 Å². The van der Waals surface area contributed by atoms with Crippen LogP contribution in [0.1, 0.15) is 13.3 Å². The highest BCUT2D eigenvalue weighted by Crippen LogP contribution is 2.20. The van der Waals surface area contributed by atoms with E-state index in [1.54, 1.807) is 0 Å². The maximum atomic E-state index is 8.88. The largest absolute Gasteiger partial charge is 0.435 e. The Morgan fingerprint density at radius 2 is 1.91 bits per heavy atom. The van der Waals surface area contributed by atoms with E-state index in [9.17, 15) is 0 Å². The highest BCUT2D eigenvalue weighted by molar-refractivity contribution is 6.15. The Kier molecular flexibility index (Phi) is 5.49. The topological polar surface area (TPSA) is 69.9 Å². The standard InChI is InChI=1S/C6H15BO4/c1-2-6(3-8,4-9)5-11-7-10/h7-10H,2-5H2,1H3. The lowest BCUT2D eigenvalue weighted by Gasteiger charge is -2.27. The summed E-state index contributed by atoms with van der Waals surface area (Å²) in [5, 5.41) is 26.1. The summed E-state index contributed by atoms with van der Waals surface area (Å²) in [6, 6.07) is 0. The van der Waals surface area contributed by atoms with Gasteiger partial charge in [0.2, 0.25) is 0 Å². The Balaban J connectivity index is 3.84. The fourth-order valence-electron chi connectivity index (χ4n) is 0.729. The van der Waals surface area contributed by atoms with Gasteiger partial charge in [-0.05, 0) is 6.42 Å². The number of hydrogen-bond donors (Lipinski definition) is 3. The zero-order valence-corrected chi connectivity index (χ0v) is 6.79. The normalized spacial score (nSPS) is 11.6. The van der Waals surface area contributed by atoms with Gasteiger partial charge in [0.25, 0.3) is 0 Å². The average molecular weight is 162 g/mol. The Hall–Kier alpha value is -0.0951. The van der Waals surface area contributed by atoms with Gasteiger partial charge in [-0.25, -0.2) is 0 Å². The van der Waals surface area contributed by atoms with Gasteiger partial charge in [-0.3, -0.25) is 0 Å². The zero-order valence-electron chi connectivity index (χ0n) is 6.79. The molecular formula is C6H15BO4. The van der Waals surface area contributed by atoms with Crippen LogP contribution < -0.4 is 0 Å². The van der Waals surface area contributed by atoms with Crippen LogP contribution in [0.4, 0.5) is 0 Å². The molecule has 0 aliphatic carbocycles. The Bertz CT molecular complexity index is 86.3. The van der Waals surface area contributed by atoms with Crippen LogP contribution in [0.3, 0.4) is 0 Å². The molecule has 0 aromatic heterocycles. The molecule has 0 saturated heterocycles. The molecule has 0 radical (unpaired) electrons. The summed E-state index contributed by atoms with van der Waals surface area (Å²) in [5.74, 6) is 0. The number of hydrogen-bond acceptors (Lipinski definition) is 4. The van der Waals surface area contributed by atoms with Gasteiger partial charge < -0.3 is 19.9 Å². The van der Waals surface area contributed by atoms with Crippen molar-refractivity contribution >= 4 is 7.69 Å². The molecule has 0 saturated carbocycles.